The summed E-state index contributed by atoms with van der Waals surface area (Å²) in [4.78, 5) is 16.4. The first-order chi connectivity index (χ1) is 15.6. The number of hydrogen-bond acceptors (Lipinski definition) is 4. The summed E-state index contributed by atoms with van der Waals surface area (Å²) in [6, 6.07) is 3.55. The summed E-state index contributed by atoms with van der Waals surface area (Å²) in [6.07, 6.45) is -14.0. The molecule has 0 saturated heterocycles. The minimum absolute atomic E-state index is 0.235. The van der Waals surface area contributed by atoms with Crippen LogP contribution < -0.4 is 0 Å². The van der Waals surface area contributed by atoms with Crippen LogP contribution in [0.4, 0.5) is 39.5 Å². The molecule has 3 aromatic heterocycles. The molecule has 178 valence electrons. The molecule has 4 rings (SSSR count). The van der Waals surface area contributed by atoms with E-state index in [2.05, 4.69) is 24.9 Å². The highest BCUT2D eigenvalue weighted by Crippen LogP contribution is 2.38. The molecule has 34 heavy (non-hydrogen) atoms. The van der Waals surface area contributed by atoms with E-state index in [1.54, 1.807) is 0 Å². The number of hydrogen-bond donors (Lipinski definition) is 1. The Morgan fingerprint density at radius 2 is 1.47 bits per heavy atom. The van der Waals surface area contributed by atoms with Crippen LogP contribution in [0.2, 0.25) is 5.02 Å². The Kier molecular flexibility index (Phi) is 5.46. The van der Waals surface area contributed by atoms with Crippen LogP contribution in [0.15, 0.2) is 36.5 Å². The zero-order valence-corrected chi connectivity index (χ0v) is 16.8. The lowest BCUT2D eigenvalue weighted by atomic mass is 10.1. The van der Waals surface area contributed by atoms with Crippen molar-refractivity contribution in [3.8, 4) is 22.8 Å². The molecule has 15 heteroatoms. The lowest BCUT2D eigenvalue weighted by Crippen LogP contribution is -2.11. The number of nitrogens with one attached hydrogen (secondary N) is 1. The molecule has 0 fully saturated rings. The summed E-state index contributed by atoms with van der Waals surface area (Å²) in [5.41, 5.74) is -5.91. The van der Waals surface area contributed by atoms with Crippen LogP contribution in [0.3, 0.4) is 0 Å². The fourth-order valence-electron chi connectivity index (χ4n) is 2.94. The van der Waals surface area contributed by atoms with Gasteiger partial charge in [-0.3, -0.25) is 4.98 Å². The molecule has 0 aliphatic rings. The number of benzene rings is 1. The first-order valence-corrected chi connectivity index (χ1v) is 9.28. The van der Waals surface area contributed by atoms with E-state index in [-0.39, 0.29) is 16.1 Å². The van der Waals surface area contributed by atoms with E-state index in [1.807, 2.05) is 0 Å². The van der Waals surface area contributed by atoms with Gasteiger partial charge in [-0.1, -0.05) is 11.6 Å². The second-order valence-electron chi connectivity index (χ2n) is 6.80. The number of H-pyrrole nitrogens is 1. The standard InChI is InChI=1S/C19H7ClF9N5/c20-10-3-2-8(17(21,22)23)5-9(10)15-31-12-13(19(27,28)29)32-14(33-16(12)34-15)7-1-4-11(30-6-7)18(24,25)26/h1-6H,(H,31,32,33,34). The smallest absolute Gasteiger partial charge is 0.335 e. The largest absolute Gasteiger partial charge is 0.435 e. The van der Waals surface area contributed by atoms with Gasteiger partial charge < -0.3 is 4.98 Å². The Labute approximate surface area is 187 Å². The van der Waals surface area contributed by atoms with Gasteiger partial charge in [-0.05, 0) is 30.3 Å². The summed E-state index contributed by atoms with van der Waals surface area (Å²) in [6.45, 7) is 0. The number of nitrogens with zero attached hydrogens (tertiary/aromatic N) is 4. The summed E-state index contributed by atoms with van der Waals surface area (Å²) < 4.78 is 118. The van der Waals surface area contributed by atoms with Gasteiger partial charge in [0.1, 0.15) is 17.0 Å². The van der Waals surface area contributed by atoms with Crippen molar-refractivity contribution in [2.75, 3.05) is 0 Å². The monoisotopic (exact) mass is 511 g/mol. The fraction of sp³-hybridized carbons (Fsp3) is 0.158. The number of aromatic amines is 1. The average Bonchev–Trinajstić information content (AvgIpc) is 3.15. The molecule has 0 aliphatic heterocycles. The lowest BCUT2D eigenvalue weighted by Gasteiger charge is -2.09. The third kappa shape index (κ3) is 4.49. The highest BCUT2D eigenvalue weighted by Gasteiger charge is 2.38. The average molecular weight is 512 g/mol. The molecule has 5 nitrogen and oxygen atoms in total. The molecule has 0 bridgehead atoms. The van der Waals surface area contributed by atoms with Gasteiger partial charge in [0, 0.05) is 17.3 Å². The Bertz CT molecular complexity index is 1370. The number of rotatable bonds is 2. The van der Waals surface area contributed by atoms with Gasteiger partial charge >= 0.3 is 18.5 Å². The Morgan fingerprint density at radius 3 is 2.03 bits per heavy atom. The maximum absolute atomic E-state index is 13.7. The van der Waals surface area contributed by atoms with Crippen LogP contribution in [0.5, 0.6) is 0 Å². The molecule has 0 unspecified atom stereocenters. The van der Waals surface area contributed by atoms with Crippen LogP contribution in [0.1, 0.15) is 17.0 Å². The van der Waals surface area contributed by atoms with Crippen LogP contribution in [-0.2, 0) is 18.5 Å². The van der Waals surface area contributed by atoms with Crippen molar-refractivity contribution in [3.63, 3.8) is 0 Å². The minimum Gasteiger partial charge on any atom is -0.335 e. The number of imidazole rings is 1. The maximum atomic E-state index is 13.7. The van der Waals surface area contributed by atoms with Crippen LogP contribution in [-0.4, -0.2) is 24.9 Å². The number of alkyl halides is 9. The third-order valence-electron chi connectivity index (χ3n) is 4.48. The Hall–Kier alpha value is -3.42. The summed E-state index contributed by atoms with van der Waals surface area (Å²) in [5, 5.41) is -0.235. The van der Waals surface area contributed by atoms with E-state index >= 15 is 0 Å². The van der Waals surface area contributed by atoms with E-state index in [4.69, 9.17) is 11.6 Å². The molecule has 0 spiro atoms. The second-order valence-corrected chi connectivity index (χ2v) is 7.21. The normalized spacial score (nSPS) is 13.0. The Balaban J connectivity index is 1.89. The SMILES string of the molecule is FC(F)(F)c1ccc(Cl)c(-c2nc3nc(-c4ccc(C(F)(F)F)nc4)nc(C(F)(F)F)c3[nH]2)c1. The number of pyridine rings is 1. The molecule has 0 saturated carbocycles. The zero-order chi connectivity index (χ0) is 25.1. The minimum atomic E-state index is -5.07. The van der Waals surface area contributed by atoms with Crippen LogP contribution in [0, 0.1) is 0 Å². The quantitative estimate of drug-likeness (QED) is 0.301. The van der Waals surface area contributed by atoms with Crippen LogP contribution in [0.25, 0.3) is 33.9 Å². The fourth-order valence-corrected chi connectivity index (χ4v) is 3.14. The van der Waals surface area contributed by atoms with Crippen molar-refractivity contribution in [2.45, 2.75) is 18.5 Å². The predicted octanol–water partition coefficient (Wildman–Crippen LogP) is 6.79. The van der Waals surface area contributed by atoms with E-state index in [9.17, 15) is 39.5 Å². The van der Waals surface area contributed by atoms with Crippen molar-refractivity contribution < 1.29 is 39.5 Å². The maximum Gasteiger partial charge on any atom is 0.435 e. The highest BCUT2D eigenvalue weighted by molar-refractivity contribution is 6.33. The van der Waals surface area contributed by atoms with Crippen molar-refractivity contribution in [1.82, 2.24) is 24.9 Å². The Morgan fingerprint density at radius 1 is 0.765 bits per heavy atom. The molecule has 0 amide bonds. The van der Waals surface area contributed by atoms with Crippen molar-refractivity contribution in [3.05, 3.63) is 58.5 Å². The molecule has 4 aromatic rings. The van der Waals surface area contributed by atoms with E-state index in [0.717, 1.165) is 12.1 Å². The van der Waals surface area contributed by atoms with Crippen molar-refractivity contribution >= 4 is 22.8 Å². The topological polar surface area (TPSA) is 67.3 Å². The number of aromatic nitrogens is 5. The second kappa shape index (κ2) is 7.82. The van der Waals surface area contributed by atoms with E-state index in [0.29, 0.717) is 24.4 Å². The predicted molar refractivity (Wildman–Crippen MR) is 100 cm³/mol. The van der Waals surface area contributed by atoms with Gasteiger partial charge in [0.25, 0.3) is 0 Å². The van der Waals surface area contributed by atoms with E-state index < -0.39 is 58.3 Å². The first kappa shape index (κ1) is 23.7. The van der Waals surface area contributed by atoms with Crippen molar-refractivity contribution in [2.24, 2.45) is 0 Å². The molecule has 0 radical (unpaired) electrons. The molecular formula is C19H7ClF9N5. The van der Waals surface area contributed by atoms with Gasteiger partial charge in [0.15, 0.2) is 17.2 Å². The number of fused-ring (bicyclic) bond motifs is 1. The van der Waals surface area contributed by atoms with Crippen LogP contribution >= 0.6 is 11.6 Å². The van der Waals surface area contributed by atoms with Gasteiger partial charge in [-0.15, -0.1) is 0 Å². The lowest BCUT2D eigenvalue weighted by molar-refractivity contribution is -0.141. The van der Waals surface area contributed by atoms with Gasteiger partial charge in [0.2, 0.25) is 0 Å². The van der Waals surface area contributed by atoms with Crippen molar-refractivity contribution in [1.29, 1.82) is 0 Å². The molecule has 3 heterocycles. The molecule has 1 aromatic carbocycles. The molecule has 0 aliphatic carbocycles. The summed E-state index contributed by atoms with van der Waals surface area (Å²) in [7, 11) is 0. The molecule has 1 N–H and O–H groups in total. The summed E-state index contributed by atoms with van der Waals surface area (Å²) >= 11 is 5.93. The zero-order valence-electron chi connectivity index (χ0n) is 16.0. The van der Waals surface area contributed by atoms with Gasteiger partial charge in [0.05, 0.1) is 10.6 Å². The van der Waals surface area contributed by atoms with Gasteiger partial charge in [-0.2, -0.15) is 39.5 Å². The summed E-state index contributed by atoms with van der Waals surface area (Å²) in [5.74, 6) is -1.09. The molecule has 0 atom stereocenters. The van der Waals surface area contributed by atoms with E-state index in [1.165, 1.54) is 0 Å². The number of halogens is 10. The van der Waals surface area contributed by atoms with Gasteiger partial charge in [-0.25, -0.2) is 15.0 Å². The third-order valence-corrected chi connectivity index (χ3v) is 4.81. The molecular weight excluding hydrogens is 505 g/mol. The highest BCUT2D eigenvalue weighted by atomic mass is 35.5. The first-order valence-electron chi connectivity index (χ1n) is 8.90.